The summed E-state index contributed by atoms with van der Waals surface area (Å²) in [7, 11) is -1.48. The molecule has 2 aromatic carbocycles. The Labute approximate surface area is 129 Å². The highest BCUT2D eigenvalue weighted by Gasteiger charge is 2.24. The predicted molar refractivity (Wildman–Crippen MR) is 90.5 cm³/mol. The van der Waals surface area contributed by atoms with Gasteiger partial charge in [-0.05, 0) is 25.0 Å². The molecule has 0 saturated heterocycles. The molecule has 0 unspecified atom stereocenters. The van der Waals surface area contributed by atoms with Crippen molar-refractivity contribution in [3.05, 3.63) is 65.9 Å². The Morgan fingerprint density at radius 3 is 2.55 bits per heavy atom. The highest BCUT2D eigenvalue weighted by molar-refractivity contribution is 6.61. The van der Waals surface area contributed by atoms with Crippen LogP contribution in [-0.4, -0.2) is 21.7 Å². The van der Waals surface area contributed by atoms with Crippen LogP contribution in [0.25, 0.3) is 22.7 Å². The lowest BCUT2D eigenvalue weighted by Gasteiger charge is -2.14. The van der Waals surface area contributed by atoms with Crippen molar-refractivity contribution < 1.29 is 10.0 Å². The molecule has 4 heteroatoms. The van der Waals surface area contributed by atoms with Crippen LogP contribution in [0.4, 0.5) is 0 Å². The molecule has 4 rings (SSSR count). The van der Waals surface area contributed by atoms with Gasteiger partial charge < -0.3 is 14.6 Å². The van der Waals surface area contributed by atoms with Crippen LogP contribution in [0.15, 0.2) is 54.6 Å². The highest BCUT2D eigenvalue weighted by atomic mass is 16.4. The summed E-state index contributed by atoms with van der Waals surface area (Å²) in [4.78, 5) is 0. The second-order valence-corrected chi connectivity index (χ2v) is 5.59. The molecule has 0 bridgehead atoms. The fourth-order valence-corrected chi connectivity index (χ4v) is 3.36. The molecule has 2 N–H and O–H groups in total. The van der Waals surface area contributed by atoms with Crippen molar-refractivity contribution in [3.8, 4) is 5.69 Å². The lowest BCUT2D eigenvalue weighted by atomic mass is 9.79. The SMILES string of the molecule is OB(O)c1cccc2c3c(n(-c4ccccc4)c12)CCC=C3. The molecule has 0 fully saturated rings. The van der Waals surface area contributed by atoms with Gasteiger partial charge in [0.2, 0.25) is 0 Å². The molecule has 3 aromatic rings. The lowest BCUT2D eigenvalue weighted by molar-refractivity contribution is 0.426. The monoisotopic (exact) mass is 289 g/mol. The van der Waals surface area contributed by atoms with Crippen molar-refractivity contribution in [1.82, 2.24) is 4.57 Å². The Hall–Kier alpha value is -2.30. The van der Waals surface area contributed by atoms with Crippen LogP contribution in [0, 0.1) is 0 Å². The third kappa shape index (κ3) is 1.92. The standard InChI is InChI=1S/C18H16BNO2/c21-19(22)16-11-6-10-15-14-9-4-5-12-17(14)20(18(15)16)13-7-2-1-3-8-13/h1-4,6-11,21-22H,5,12H2. The molecule has 0 spiro atoms. The number of fused-ring (bicyclic) bond motifs is 3. The van der Waals surface area contributed by atoms with E-state index in [0.29, 0.717) is 5.46 Å². The summed E-state index contributed by atoms with van der Waals surface area (Å²) in [5, 5.41) is 20.6. The first kappa shape index (κ1) is 13.4. The molecule has 22 heavy (non-hydrogen) atoms. The molecule has 0 radical (unpaired) electrons. The van der Waals surface area contributed by atoms with Gasteiger partial charge in [0.1, 0.15) is 0 Å². The molecule has 0 amide bonds. The molecule has 0 saturated carbocycles. The Morgan fingerprint density at radius 2 is 1.77 bits per heavy atom. The first-order valence-electron chi connectivity index (χ1n) is 7.51. The first-order chi connectivity index (χ1) is 10.8. The number of benzene rings is 2. The summed E-state index contributed by atoms with van der Waals surface area (Å²) in [6.07, 6.45) is 6.29. The van der Waals surface area contributed by atoms with E-state index in [-0.39, 0.29) is 0 Å². The molecule has 0 atom stereocenters. The maximum Gasteiger partial charge on any atom is 0.490 e. The average molecular weight is 289 g/mol. The molecule has 1 aliphatic carbocycles. The van der Waals surface area contributed by atoms with Gasteiger partial charge in [-0.1, -0.05) is 48.6 Å². The fourth-order valence-electron chi connectivity index (χ4n) is 3.36. The number of rotatable bonds is 2. The number of hydrogen-bond acceptors (Lipinski definition) is 2. The minimum absolute atomic E-state index is 0.546. The fraction of sp³-hybridized carbons (Fsp3) is 0.111. The van der Waals surface area contributed by atoms with Gasteiger partial charge >= 0.3 is 7.12 Å². The van der Waals surface area contributed by atoms with Crippen molar-refractivity contribution in [3.63, 3.8) is 0 Å². The maximum absolute atomic E-state index is 9.78. The van der Waals surface area contributed by atoms with E-state index >= 15 is 0 Å². The summed E-state index contributed by atoms with van der Waals surface area (Å²) in [6, 6.07) is 15.8. The van der Waals surface area contributed by atoms with Crippen LogP contribution in [0.3, 0.4) is 0 Å². The first-order valence-corrected chi connectivity index (χ1v) is 7.51. The molecular formula is C18H16BNO2. The van der Waals surface area contributed by atoms with E-state index in [1.54, 1.807) is 6.07 Å². The van der Waals surface area contributed by atoms with Crippen LogP contribution in [0.5, 0.6) is 0 Å². The topological polar surface area (TPSA) is 45.4 Å². The Balaban J connectivity index is 2.16. The van der Waals surface area contributed by atoms with Gasteiger partial charge in [0.05, 0.1) is 5.52 Å². The molecule has 3 nitrogen and oxygen atoms in total. The van der Waals surface area contributed by atoms with Crippen LogP contribution in [-0.2, 0) is 6.42 Å². The Kier molecular flexibility index (Phi) is 3.14. The molecule has 1 aliphatic rings. The van der Waals surface area contributed by atoms with Gasteiger partial charge in [-0.2, -0.15) is 0 Å². The highest BCUT2D eigenvalue weighted by Crippen LogP contribution is 2.33. The Morgan fingerprint density at radius 1 is 0.955 bits per heavy atom. The zero-order valence-corrected chi connectivity index (χ0v) is 12.1. The van der Waals surface area contributed by atoms with Gasteiger partial charge in [0.15, 0.2) is 0 Å². The number of nitrogens with zero attached hydrogens (tertiary/aromatic N) is 1. The zero-order valence-electron chi connectivity index (χ0n) is 12.1. The van der Waals surface area contributed by atoms with Crippen molar-refractivity contribution in [2.75, 3.05) is 0 Å². The largest absolute Gasteiger partial charge is 0.490 e. The van der Waals surface area contributed by atoms with Gasteiger partial charge in [0.25, 0.3) is 0 Å². The minimum Gasteiger partial charge on any atom is -0.423 e. The third-order valence-corrected chi connectivity index (χ3v) is 4.29. The summed E-state index contributed by atoms with van der Waals surface area (Å²) < 4.78 is 2.17. The second kappa shape index (κ2) is 5.16. The smallest absolute Gasteiger partial charge is 0.423 e. The average Bonchev–Trinajstić information content (AvgIpc) is 2.90. The van der Waals surface area contributed by atoms with Gasteiger partial charge in [0, 0.05) is 27.8 Å². The van der Waals surface area contributed by atoms with Crippen molar-refractivity contribution in [2.45, 2.75) is 12.8 Å². The number of hydrogen-bond donors (Lipinski definition) is 2. The van der Waals surface area contributed by atoms with Crippen molar-refractivity contribution >= 4 is 29.6 Å². The van der Waals surface area contributed by atoms with Crippen LogP contribution in [0.2, 0.25) is 0 Å². The molecule has 108 valence electrons. The predicted octanol–water partition coefficient (Wildman–Crippen LogP) is 2.27. The second-order valence-electron chi connectivity index (χ2n) is 5.59. The van der Waals surface area contributed by atoms with E-state index in [9.17, 15) is 10.0 Å². The maximum atomic E-state index is 9.78. The van der Waals surface area contributed by atoms with E-state index in [1.807, 2.05) is 24.3 Å². The Bertz CT molecular complexity index is 866. The van der Waals surface area contributed by atoms with Crippen LogP contribution in [0.1, 0.15) is 17.7 Å². The summed E-state index contributed by atoms with van der Waals surface area (Å²) >= 11 is 0. The summed E-state index contributed by atoms with van der Waals surface area (Å²) in [5.74, 6) is 0. The molecular weight excluding hydrogens is 273 g/mol. The lowest BCUT2D eigenvalue weighted by Crippen LogP contribution is -2.31. The van der Waals surface area contributed by atoms with E-state index in [4.69, 9.17) is 0 Å². The van der Waals surface area contributed by atoms with E-state index < -0.39 is 7.12 Å². The van der Waals surface area contributed by atoms with Crippen molar-refractivity contribution in [1.29, 1.82) is 0 Å². The van der Waals surface area contributed by atoms with Gasteiger partial charge in [-0.3, -0.25) is 0 Å². The number of para-hydroxylation sites is 2. The van der Waals surface area contributed by atoms with Crippen LogP contribution >= 0.6 is 0 Å². The molecule has 0 aliphatic heterocycles. The number of allylic oxidation sites excluding steroid dienone is 1. The molecule has 1 aromatic heterocycles. The molecule has 1 heterocycles. The third-order valence-electron chi connectivity index (χ3n) is 4.29. The van der Waals surface area contributed by atoms with Crippen LogP contribution < -0.4 is 5.46 Å². The van der Waals surface area contributed by atoms with E-state index in [0.717, 1.165) is 29.4 Å². The van der Waals surface area contributed by atoms with E-state index in [1.165, 1.54) is 11.3 Å². The number of aromatic nitrogens is 1. The zero-order chi connectivity index (χ0) is 15.1. The summed E-state index contributed by atoms with van der Waals surface area (Å²) in [6.45, 7) is 0. The van der Waals surface area contributed by atoms with Gasteiger partial charge in [-0.15, -0.1) is 0 Å². The normalized spacial score (nSPS) is 13.4. The van der Waals surface area contributed by atoms with Crippen molar-refractivity contribution in [2.24, 2.45) is 0 Å². The van der Waals surface area contributed by atoms with E-state index in [2.05, 4.69) is 34.9 Å². The minimum atomic E-state index is -1.48. The van der Waals surface area contributed by atoms with Gasteiger partial charge in [-0.25, -0.2) is 0 Å². The quantitative estimate of drug-likeness (QED) is 0.711. The summed E-state index contributed by atoms with van der Waals surface area (Å²) in [5.41, 5.74) is 4.91.